The Kier molecular flexibility index (Phi) is 3.82. The van der Waals surface area contributed by atoms with Crippen LogP contribution < -0.4 is 5.48 Å². The molecular weight excluding hydrogens is 114 g/mol. The molecule has 0 fully saturated rings. The lowest BCUT2D eigenvalue weighted by molar-refractivity contribution is 0.0314. The number of rotatable bonds is 4. The SMILES string of the molecule is C[CH]ONC(C)(C)CC. The Morgan fingerprint density at radius 1 is 1.56 bits per heavy atom. The van der Waals surface area contributed by atoms with Gasteiger partial charge in [0, 0.05) is 5.54 Å². The van der Waals surface area contributed by atoms with Crippen molar-refractivity contribution in [1.82, 2.24) is 5.48 Å². The van der Waals surface area contributed by atoms with Crippen molar-refractivity contribution in [3.63, 3.8) is 0 Å². The van der Waals surface area contributed by atoms with Crippen LogP contribution in [0.25, 0.3) is 0 Å². The third kappa shape index (κ3) is 4.43. The molecule has 0 saturated carbocycles. The molecule has 0 aliphatic carbocycles. The first-order chi connectivity index (χ1) is 4.12. The molecule has 1 radical (unpaired) electrons. The predicted octanol–water partition coefficient (Wildman–Crippen LogP) is 1.88. The second kappa shape index (κ2) is 3.85. The van der Waals surface area contributed by atoms with Crippen LogP contribution in [0.2, 0.25) is 0 Å². The van der Waals surface area contributed by atoms with Crippen molar-refractivity contribution in [1.29, 1.82) is 0 Å². The summed E-state index contributed by atoms with van der Waals surface area (Å²) in [7, 11) is 0. The summed E-state index contributed by atoms with van der Waals surface area (Å²) in [4.78, 5) is 4.91. The lowest BCUT2D eigenvalue weighted by Gasteiger charge is -2.22. The molecule has 0 aliphatic rings. The van der Waals surface area contributed by atoms with Gasteiger partial charge in [0.05, 0.1) is 0 Å². The van der Waals surface area contributed by atoms with Gasteiger partial charge in [-0.1, -0.05) is 6.92 Å². The molecule has 2 heteroatoms. The van der Waals surface area contributed by atoms with Crippen molar-refractivity contribution >= 4 is 0 Å². The summed E-state index contributed by atoms with van der Waals surface area (Å²) in [5.41, 5.74) is 2.99. The van der Waals surface area contributed by atoms with Crippen molar-refractivity contribution in [3.05, 3.63) is 6.61 Å². The van der Waals surface area contributed by atoms with Crippen LogP contribution in [0.4, 0.5) is 0 Å². The first kappa shape index (κ1) is 8.92. The monoisotopic (exact) mass is 130 g/mol. The molecule has 0 aromatic heterocycles. The quantitative estimate of drug-likeness (QED) is 0.587. The van der Waals surface area contributed by atoms with E-state index in [1.807, 2.05) is 6.92 Å². The Hall–Kier alpha value is -0.0800. The molecule has 0 spiro atoms. The van der Waals surface area contributed by atoms with E-state index in [-0.39, 0.29) is 5.54 Å². The van der Waals surface area contributed by atoms with Crippen LogP contribution in [-0.2, 0) is 4.84 Å². The fourth-order valence-corrected chi connectivity index (χ4v) is 0.291. The average Bonchev–Trinajstić information content (AvgIpc) is 1.84. The zero-order valence-corrected chi connectivity index (χ0v) is 6.69. The summed E-state index contributed by atoms with van der Waals surface area (Å²) >= 11 is 0. The third-order valence-electron chi connectivity index (χ3n) is 1.34. The highest BCUT2D eigenvalue weighted by Crippen LogP contribution is 2.06. The molecule has 0 heterocycles. The van der Waals surface area contributed by atoms with E-state index in [0.717, 1.165) is 6.42 Å². The van der Waals surface area contributed by atoms with E-state index in [1.165, 1.54) is 0 Å². The molecule has 0 rings (SSSR count). The Bertz CT molecular complexity index is 71.3. The molecule has 0 atom stereocenters. The predicted molar refractivity (Wildman–Crippen MR) is 38.6 cm³/mol. The lowest BCUT2D eigenvalue weighted by atomic mass is 10.0. The van der Waals surface area contributed by atoms with Crippen LogP contribution in [0.5, 0.6) is 0 Å². The zero-order chi connectivity index (χ0) is 7.33. The molecule has 0 bridgehead atoms. The second-order valence-corrected chi connectivity index (χ2v) is 2.69. The van der Waals surface area contributed by atoms with Gasteiger partial charge in [-0.3, -0.25) is 4.84 Å². The van der Waals surface area contributed by atoms with E-state index in [2.05, 4.69) is 26.3 Å². The minimum atomic E-state index is 0.0898. The molecule has 55 valence electrons. The van der Waals surface area contributed by atoms with Gasteiger partial charge in [0.15, 0.2) is 0 Å². The highest BCUT2D eigenvalue weighted by Gasteiger charge is 2.12. The molecule has 0 unspecified atom stereocenters. The average molecular weight is 130 g/mol. The fourth-order valence-electron chi connectivity index (χ4n) is 0.291. The fraction of sp³-hybridized carbons (Fsp3) is 0.857. The highest BCUT2D eigenvalue weighted by atomic mass is 16.6. The molecule has 9 heavy (non-hydrogen) atoms. The minimum Gasteiger partial charge on any atom is -0.295 e. The first-order valence-electron chi connectivity index (χ1n) is 3.33. The Balaban J connectivity index is 3.33. The van der Waals surface area contributed by atoms with Crippen molar-refractivity contribution in [3.8, 4) is 0 Å². The van der Waals surface area contributed by atoms with E-state index < -0.39 is 0 Å². The largest absolute Gasteiger partial charge is 0.295 e. The number of hydrogen-bond donors (Lipinski definition) is 1. The van der Waals surface area contributed by atoms with Gasteiger partial charge in [0.25, 0.3) is 0 Å². The highest BCUT2D eigenvalue weighted by molar-refractivity contribution is 4.69. The van der Waals surface area contributed by atoms with Crippen LogP contribution in [0, 0.1) is 6.61 Å². The third-order valence-corrected chi connectivity index (χ3v) is 1.34. The van der Waals surface area contributed by atoms with Crippen molar-refractivity contribution in [2.24, 2.45) is 0 Å². The van der Waals surface area contributed by atoms with Gasteiger partial charge in [0.2, 0.25) is 0 Å². The topological polar surface area (TPSA) is 21.3 Å². The van der Waals surface area contributed by atoms with Gasteiger partial charge in [-0.05, 0) is 27.2 Å². The molecule has 0 aromatic rings. The van der Waals surface area contributed by atoms with E-state index in [0.29, 0.717) is 0 Å². The maximum absolute atomic E-state index is 4.91. The van der Waals surface area contributed by atoms with E-state index in [4.69, 9.17) is 4.84 Å². The molecule has 0 aliphatic heterocycles. The summed E-state index contributed by atoms with van der Waals surface area (Å²) in [6, 6.07) is 0. The van der Waals surface area contributed by atoms with E-state index in [1.54, 1.807) is 6.61 Å². The van der Waals surface area contributed by atoms with Gasteiger partial charge in [-0.15, -0.1) is 0 Å². The van der Waals surface area contributed by atoms with Crippen LogP contribution in [-0.4, -0.2) is 5.54 Å². The first-order valence-corrected chi connectivity index (χ1v) is 3.33. The van der Waals surface area contributed by atoms with Crippen LogP contribution in [0.1, 0.15) is 34.1 Å². The van der Waals surface area contributed by atoms with Crippen LogP contribution >= 0.6 is 0 Å². The van der Waals surface area contributed by atoms with E-state index in [9.17, 15) is 0 Å². The summed E-state index contributed by atoms with van der Waals surface area (Å²) in [6.07, 6.45) is 1.06. The summed E-state index contributed by atoms with van der Waals surface area (Å²) in [5, 5.41) is 0. The minimum absolute atomic E-state index is 0.0898. The number of hydroxylamine groups is 1. The Labute approximate surface area is 57.5 Å². The van der Waals surface area contributed by atoms with Gasteiger partial charge >= 0.3 is 0 Å². The maximum Gasteiger partial charge on any atom is 0.104 e. The molecule has 1 N–H and O–H groups in total. The van der Waals surface area contributed by atoms with Gasteiger partial charge in [-0.25, -0.2) is 0 Å². The maximum atomic E-state index is 4.91. The smallest absolute Gasteiger partial charge is 0.104 e. The summed E-state index contributed by atoms with van der Waals surface area (Å²) in [6.45, 7) is 9.79. The van der Waals surface area contributed by atoms with Gasteiger partial charge in [0.1, 0.15) is 6.61 Å². The van der Waals surface area contributed by atoms with Crippen LogP contribution in [0.15, 0.2) is 0 Å². The standard InChI is InChI=1S/C7H16NO/c1-5-7(3,4)8-9-6-2/h6,8H,5H2,1-4H3. The molecular formula is C7H16NO. The van der Waals surface area contributed by atoms with E-state index >= 15 is 0 Å². The number of nitrogens with one attached hydrogen (secondary N) is 1. The second-order valence-electron chi connectivity index (χ2n) is 2.69. The van der Waals surface area contributed by atoms with Crippen molar-refractivity contribution in [2.75, 3.05) is 0 Å². The normalized spacial score (nSPS) is 12.0. The van der Waals surface area contributed by atoms with Crippen molar-refractivity contribution < 1.29 is 4.84 Å². The van der Waals surface area contributed by atoms with Gasteiger partial charge in [-0.2, -0.15) is 5.48 Å². The molecule has 2 nitrogen and oxygen atoms in total. The lowest BCUT2D eigenvalue weighted by Crippen LogP contribution is -2.37. The zero-order valence-electron chi connectivity index (χ0n) is 6.69. The molecule has 0 saturated heterocycles. The van der Waals surface area contributed by atoms with Gasteiger partial charge < -0.3 is 0 Å². The molecule has 0 aromatic carbocycles. The van der Waals surface area contributed by atoms with Crippen molar-refractivity contribution in [2.45, 2.75) is 39.7 Å². The Morgan fingerprint density at radius 2 is 2.11 bits per heavy atom. The summed E-state index contributed by atoms with van der Waals surface area (Å²) in [5.74, 6) is 0. The number of hydrogen-bond acceptors (Lipinski definition) is 2. The summed E-state index contributed by atoms with van der Waals surface area (Å²) < 4.78 is 0. The Morgan fingerprint density at radius 3 is 2.44 bits per heavy atom. The van der Waals surface area contributed by atoms with Crippen LogP contribution in [0.3, 0.4) is 0 Å². The molecule has 0 amide bonds.